The Morgan fingerprint density at radius 1 is 1.17 bits per heavy atom. The maximum absolute atomic E-state index is 4.19. The summed E-state index contributed by atoms with van der Waals surface area (Å²) in [5.74, 6) is 1.52. The lowest BCUT2D eigenvalue weighted by Gasteiger charge is -2.06. The van der Waals surface area contributed by atoms with Crippen LogP contribution in [-0.4, -0.2) is 11.4 Å². The van der Waals surface area contributed by atoms with Crippen molar-refractivity contribution in [2.24, 2.45) is 22.0 Å². The van der Waals surface area contributed by atoms with Crippen molar-refractivity contribution in [2.75, 3.05) is 0 Å². The van der Waals surface area contributed by atoms with Crippen LogP contribution in [0.25, 0.3) is 0 Å². The van der Waals surface area contributed by atoms with Gasteiger partial charge >= 0.3 is 0 Å². The highest BCUT2D eigenvalue weighted by atomic mass is 15.2. The summed E-state index contributed by atoms with van der Waals surface area (Å²) in [6.45, 7) is 8.27. The molecular weight excluding hydrogens is 148 g/mol. The molecule has 0 radical (unpaired) electrons. The maximum Gasteiger partial charge on any atom is 0.0405 e. The molecule has 0 saturated heterocycles. The minimum atomic E-state index is 0.632. The zero-order chi connectivity index (χ0) is 9.14. The van der Waals surface area contributed by atoms with E-state index in [1.165, 1.54) is 18.6 Å². The van der Waals surface area contributed by atoms with E-state index >= 15 is 0 Å². The van der Waals surface area contributed by atoms with Crippen LogP contribution in [0.4, 0.5) is 0 Å². The Bertz CT molecular complexity index is 208. The Hall–Kier alpha value is -0.660. The van der Waals surface area contributed by atoms with Crippen LogP contribution in [0.3, 0.4) is 0 Å². The van der Waals surface area contributed by atoms with Gasteiger partial charge in [0, 0.05) is 11.4 Å². The topological polar surface area (TPSA) is 24.7 Å². The number of hydrogen-bond acceptors (Lipinski definition) is 2. The molecule has 0 aromatic rings. The fraction of sp³-hybridized carbons (Fsp3) is 0.800. The zero-order valence-electron chi connectivity index (χ0n) is 8.46. The van der Waals surface area contributed by atoms with Gasteiger partial charge in [-0.3, -0.25) is 0 Å². The second-order valence-electron chi connectivity index (χ2n) is 3.91. The second kappa shape index (κ2) is 3.83. The second-order valence-corrected chi connectivity index (χ2v) is 3.91. The molecule has 2 nitrogen and oxygen atoms in total. The van der Waals surface area contributed by atoms with Crippen LogP contribution in [-0.2, 0) is 0 Å². The fourth-order valence-corrected chi connectivity index (χ4v) is 1.21. The third kappa shape index (κ3) is 2.76. The van der Waals surface area contributed by atoms with E-state index < -0.39 is 0 Å². The van der Waals surface area contributed by atoms with Gasteiger partial charge in [0.15, 0.2) is 0 Å². The van der Waals surface area contributed by atoms with Gasteiger partial charge in [-0.25, -0.2) is 0 Å². The van der Waals surface area contributed by atoms with E-state index in [9.17, 15) is 0 Å². The first-order valence-electron chi connectivity index (χ1n) is 4.66. The van der Waals surface area contributed by atoms with Crippen LogP contribution >= 0.6 is 0 Å². The van der Waals surface area contributed by atoms with E-state index in [2.05, 4.69) is 24.1 Å². The minimum Gasteiger partial charge on any atom is -0.161 e. The molecule has 0 spiro atoms. The largest absolute Gasteiger partial charge is 0.161 e. The van der Waals surface area contributed by atoms with E-state index in [1.54, 1.807) is 0 Å². The van der Waals surface area contributed by atoms with E-state index in [-0.39, 0.29) is 0 Å². The van der Waals surface area contributed by atoms with Gasteiger partial charge in [0.1, 0.15) is 0 Å². The molecular formula is C10H18N2. The molecule has 1 fully saturated rings. The SMILES string of the molecule is CC(C)=N/N=C(\C)C(C)C1CC1. The Labute approximate surface area is 74.8 Å². The van der Waals surface area contributed by atoms with Crippen LogP contribution in [0.1, 0.15) is 40.5 Å². The summed E-state index contributed by atoms with van der Waals surface area (Å²) < 4.78 is 0. The predicted octanol–water partition coefficient (Wildman–Crippen LogP) is 2.89. The molecule has 1 rings (SSSR count). The van der Waals surface area contributed by atoms with E-state index in [0.29, 0.717) is 5.92 Å². The molecule has 0 aromatic carbocycles. The van der Waals surface area contributed by atoms with E-state index in [0.717, 1.165) is 11.6 Å². The van der Waals surface area contributed by atoms with Crippen molar-refractivity contribution in [3.05, 3.63) is 0 Å². The molecule has 2 heteroatoms. The van der Waals surface area contributed by atoms with Gasteiger partial charge in [-0.2, -0.15) is 10.2 Å². The predicted molar refractivity (Wildman–Crippen MR) is 53.8 cm³/mol. The first-order chi connectivity index (χ1) is 5.61. The van der Waals surface area contributed by atoms with Crippen LogP contribution < -0.4 is 0 Å². The highest BCUT2D eigenvalue weighted by Gasteiger charge is 2.29. The molecule has 0 heterocycles. The maximum atomic E-state index is 4.19. The van der Waals surface area contributed by atoms with E-state index in [1.807, 2.05) is 13.8 Å². The summed E-state index contributed by atoms with van der Waals surface area (Å²) in [6.07, 6.45) is 2.76. The molecule has 0 amide bonds. The Morgan fingerprint density at radius 3 is 2.17 bits per heavy atom. The number of nitrogens with zero attached hydrogens (tertiary/aromatic N) is 2. The lowest BCUT2D eigenvalue weighted by Crippen LogP contribution is -2.08. The van der Waals surface area contributed by atoms with Crippen molar-refractivity contribution in [1.29, 1.82) is 0 Å². The molecule has 1 aliphatic rings. The van der Waals surface area contributed by atoms with Gasteiger partial charge in [-0.05, 0) is 45.4 Å². The van der Waals surface area contributed by atoms with Gasteiger partial charge in [-0.1, -0.05) is 6.92 Å². The monoisotopic (exact) mass is 166 g/mol. The summed E-state index contributed by atoms with van der Waals surface area (Å²) in [5, 5.41) is 8.25. The third-order valence-corrected chi connectivity index (χ3v) is 2.40. The van der Waals surface area contributed by atoms with Crippen molar-refractivity contribution in [2.45, 2.75) is 40.5 Å². The molecule has 0 aliphatic heterocycles. The summed E-state index contributed by atoms with van der Waals surface area (Å²) in [4.78, 5) is 0. The fourth-order valence-electron chi connectivity index (χ4n) is 1.21. The van der Waals surface area contributed by atoms with Crippen LogP contribution in [0.5, 0.6) is 0 Å². The average Bonchev–Trinajstić information content (AvgIpc) is 2.80. The molecule has 1 saturated carbocycles. The van der Waals surface area contributed by atoms with Gasteiger partial charge in [-0.15, -0.1) is 0 Å². The van der Waals surface area contributed by atoms with Crippen molar-refractivity contribution in [1.82, 2.24) is 0 Å². The zero-order valence-corrected chi connectivity index (χ0v) is 8.46. The first kappa shape index (κ1) is 9.43. The lowest BCUT2D eigenvalue weighted by molar-refractivity contribution is 0.660. The Morgan fingerprint density at radius 2 is 1.75 bits per heavy atom. The van der Waals surface area contributed by atoms with Crippen LogP contribution in [0, 0.1) is 11.8 Å². The molecule has 1 unspecified atom stereocenters. The van der Waals surface area contributed by atoms with Crippen molar-refractivity contribution >= 4 is 11.4 Å². The molecule has 12 heavy (non-hydrogen) atoms. The minimum absolute atomic E-state index is 0.632. The van der Waals surface area contributed by atoms with Gasteiger partial charge < -0.3 is 0 Å². The van der Waals surface area contributed by atoms with Crippen LogP contribution in [0.15, 0.2) is 10.2 Å². The quantitative estimate of drug-likeness (QED) is 0.455. The highest BCUT2D eigenvalue weighted by molar-refractivity contribution is 5.86. The summed E-state index contributed by atoms with van der Waals surface area (Å²) in [7, 11) is 0. The summed E-state index contributed by atoms with van der Waals surface area (Å²) >= 11 is 0. The molecule has 0 aromatic heterocycles. The molecule has 68 valence electrons. The smallest absolute Gasteiger partial charge is 0.0405 e. The first-order valence-corrected chi connectivity index (χ1v) is 4.66. The standard InChI is InChI=1S/C10H18N2/c1-7(2)11-12-9(4)8(3)10-5-6-10/h8,10H,5-6H2,1-4H3/b12-9+. The van der Waals surface area contributed by atoms with Gasteiger partial charge in [0.25, 0.3) is 0 Å². The van der Waals surface area contributed by atoms with Crippen LogP contribution in [0.2, 0.25) is 0 Å². The molecule has 1 aliphatic carbocycles. The number of rotatable bonds is 3. The van der Waals surface area contributed by atoms with Gasteiger partial charge in [0.2, 0.25) is 0 Å². The van der Waals surface area contributed by atoms with Crippen molar-refractivity contribution < 1.29 is 0 Å². The van der Waals surface area contributed by atoms with Crippen molar-refractivity contribution in [3.8, 4) is 0 Å². The highest BCUT2D eigenvalue weighted by Crippen LogP contribution is 2.37. The number of hydrogen-bond donors (Lipinski definition) is 0. The van der Waals surface area contributed by atoms with Gasteiger partial charge in [0.05, 0.1) is 0 Å². The van der Waals surface area contributed by atoms with E-state index in [4.69, 9.17) is 0 Å². The Balaban J connectivity index is 2.49. The Kier molecular flexibility index (Phi) is 3.01. The molecule has 1 atom stereocenters. The van der Waals surface area contributed by atoms with Crippen molar-refractivity contribution in [3.63, 3.8) is 0 Å². The summed E-state index contributed by atoms with van der Waals surface area (Å²) in [6, 6.07) is 0. The molecule has 0 bridgehead atoms. The summed E-state index contributed by atoms with van der Waals surface area (Å²) in [5.41, 5.74) is 2.20. The lowest BCUT2D eigenvalue weighted by atomic mass is 10.0. The third-order valence-electron chi connectivity index (χ3n) is 2.40. The molecule has 0 N–H and O–H groups in total. The average molecular weight is 166 g/mol. The normalized spacial score (nSPS) is 20.5.